The Morgan fingerprint density at radius 3 is 2.36 bits per heavy atom. The monoisotopic (exact) mass is 310 g/mol. The van der Waals surface area contributed by atoms with Gasteiger partial charge in [-0.2, -0.15) is 0 Å². The van der Waals surface area contributed by atoms with E-state index in [0.717, 1.165) is 11.3 Å². The summed E-state index contributed by atoms with van der Waals surface area (Å²) < 4.78 is 5.74. The highest BCUT2D eigenvalue weighted by Gasteiger charge is 2.09. The van der Waals surface area contributed by atoms with E-state index in [1.165, 1.54) is 22.3 Å². The van der Waals surface area contributed by atoms with Crippen LogP contribution in [0.4, 0.5) is 0 Å². The Morgan fingerprint density at radius 1 is 0.909 bits per heavy atom. The van der Waals surface area contributed by atoms with Gasteiger partial charge in [-0.25, -0.2) is 0 Å². The second-order valence-corrected chi connectivity index (χ2v) is 6.38. The van der Waals surface area contributed by atoms with Crippen molar-refractivity contribution in [2.45, 2.75) is 31.7 Å². The van der Waals surface area contributed by atoms with Crippen LogP contribution in [0.3, 0.4) is 0 Å². The number of benzene rings is 2. The Bertz CT molecular complexity index is 778. The summed E-state index contributed by atoms with van der Waals surface area (Å²) in [4.78, 5) is 0. The topological polar surface area (TPSA) is 38.9 Å². The molecule has 0 aliphatic heterocycles. The first kappa shape index (κ1) is 14.9. The molecule has 0 amide bonds. The van der Waals surface area contributed by atoms with E-state index in [0.29, 0.717) is 11.1 Å². The molecule has 0 aliphatic rings. The minimum Gasteiger partial charge on any atom is -0.411 e. The standard InChI is InChI=1S/C18H18N2OS/c1-12-4-7-15(8-5-12)17-19-20-18(21-17)22-11-16-9-6-13(2)10-14(16)3/h4-10H,11H2,1-3H3. The maximum atomic E-state index is 5.74. The Morgan fingerprint density at radius 2 is 1.64 bits per heavy atom. The van der Waals surface area contributed by atoms with E-state index >= 15 is 0 Å². The molecule has 0 spiro atoms. The van der Waals surface area contributed by atoms with E-state index in [9.17, 15) is 0 Å². The summed E-state index contributed by atoms with van der Waals surface area (Å²) in [7, 11) is 0. The molecule has 3 aromatic rings. The molecule has 0 bridgehead atoms. The maximum Gasteiger partial charge on any atom is 0.277 e. The summed E-state index contributed by atoms with van der Waals surface area (Å²) in [5, 5.41) is 8.86. The van der Waals surface area contributed by atoms with Crippen LogP contribution in [-0.2, 0) is 5.75 Å². The van der Waals surface area contributed by atoms with Gasteiger partial charge in [0.2, 0.25) is 5.89 Å². The van der Waals surface area contributed by atoms with Gasteiger partial charge in [0.05, 0.1) is 0 Å². The first-order valence-corrected chi connectivity index (χ1v) is 8.20. The Balaban J connectivity index is 1.70. The van der Waals surface area contributed by atoms with Crippen LogP contribution >= 0.6 is 11.8 Å². The van der Waals surface area contributed by atoms with Crippen molar-refractivity contribution in [3.63, 3.8) is 0 Å². The molecule has 0 aliphatic carbocycles. The van der Waals surface area contributed by atoms with Gasteiger partial charge in [-0.1, -0.05) is 53.2 Å². The first-order valence-electron chi connectivity index (χ1n) is 7.21. The van der Waals surface area contributed by atoms with E-state index in [1.807, 2.05) is 24.3 Å². The average molecular weight is 310 g/mol. The number of aryl methyl sites for hydroxylation is 3. The largest absolute Gasteiger partial charge is 0.411 e. The highest BCUT2D eigenvalue weighted by Crippen LogP contribution is 2.27. The van der Waals surface area contributed by atoms with E-state index < -0.39 is 0 Å². The molecule has 0 atom stereocenters. The molecule has 3 rings (SSSR count). The van der Waals surface area contributed by atoms with Crippen LogP contribution in [-0.4, -0.2) is 10.2 Å². The molecular formula is C18H18N2OS. The fraction of sp³-hybridized carbons (Fsp3) is 0.222. The molecular weight excluding hydrogens is 292 g/mol. The summed E-state index contributed by atoms with van der Waals surface area (Å²) in [6.07, 6.45) is 0. The zero-order chi connectivity index (χ0) is 15.5. The molecule has 1 heterocycles. The summed E-state index contributed by atoms with van der Waals surface area (Å²) >= 11 is 1.57. The predicted octanol–water partition coefficient (Wildman–Crippen LogP) is 4.95. The Hall–Kier alpha value is -2.07. The van der Waals surface area contributed by atoms with Gasteiger partial charge in [-0.15, -0.1) is 10.2 Å². The molecule has 0 saturated carbocycles. The number of aromatic nitrogens is 2. The van der Waals surface area contributed by atoms with Crippen LogP contribution in [0.15, 0.2) is 52.1 Å². The normalized spacial score (nSPS) is 10.9. The van der Waals surface area contributed by atoms with Crippen LogP contribution in [0.25, 0.3) is 11.5 Å². The van der Waals surface area contributed by atoms with Gasteiger partial charge in [0.15, 0.2) is 0 Å². The van der Waals surface area contributed by atoms with Crippen molar-refractivity contribution in [1.82, 2.24) is 10.2 Å². The maximum absolute atomic E-state index is 5.74. The lowest BCUT2D eigenvalue weighted by Crippen LogP contribution is -1.87. The fourth-order valence-corrected chi connectivity index (χ4v) is 3.07. The third kappa shape index (κ3) is 3.39. The Labute approximate surface area is 134 Å². The lowest BCUT2D eigenvalue weighted by Gasteiger charge is -2.04. The summed E-state index contributed by atoms with van der Waals surface area (Å²) in [6, 6.07) is 14.6. The lowest BCUT2D eigenvalue weighted by atomic mass is 10.1. The second kappa shape index (κ2) is 6.36. The zero-order valence-corrected chi connectivity index (χ0v) is 13.8. The summed E-state index contributed by atoms with van der Waals surface area (Å²) in [5.41, 5.74) is 6.05. The van der Waals surface area contributed by atoms with Crippen molar-refractivity contribution >= 4 is 11.8 Å². The molecule has 0 N–H and O–H groups in total. The predicted molar refractivity (Wildman–Crippen MR) is 89.9 cm³/mol. The Kier molecular flexibility index (Phi) is 4.29. The van der Waals surface area contributed by atoms with Crippen molar-refractivity contribution < 1.29 is 4.42 Å². The molecule has 22 heavy (non-hydrogen) atoms. The molecule has 0 fully saturated rings. The molecule has 1 aromatic heterocycles. The van der Waals surface area contributed by atoms with E-state index in [2.05, 4.69) is 49.2 Å². The quantitative estimate of drug-likeness (QED) is 0.639. The van der Waals surface area contributed by atoms with E-state index in [4.69, 9.17) is 4.42 Å². The number of hydrogen-bond donors (Lipinski definition) is 0. The van der Waals surface area contributed by atoms with Crippen LogP contribution in [0, 0.1) is 20.8 Å². The molecule has 3 nitrogen and oxygen atoms in total. The highest BCUT2D eigenvalue weighted by atomic mass is 32.2. The molecule has 4 heteroatoms. The van der Waals surface area contributed by atoms with Gasteiger partial charge in [0, 0.05) is 11.3 Å². The third-order valence-electron chi connectivity index (χ3n) is 3.55. The van der Waals surface area contributed by atoms with Crippen molar-refractivity contribution in [3.8, 4) is 11.5 Å². The van der Waals surface area contributed by atoms with E-state index in [-0.39, 0.29) is 0 Å². The number of rotatable bonds is 4. The van der Waals surface area contributed by atoms with Gasteiger partial charge in [-0.05, 0) is 44.0 Å². The summed E-state index contributed by atoms with van der Waals surface area (Å²) in [5.74, 6) is 1.41. The molecule has 0 radical (unpaired) electrons. The van der Waals surface area contributed by atoms with Gasteiger partial charge in [0.25, 0.3) is 5.22 Å². The number of hydrogen-bond acceptors (Lipinski definition) is 4. The SMILES string of the molecule is Cc1ccc(-c2nnc(SCc3ccc(C)cc3C)o2)cc1. The minimum atomic E-state index is 0.572. The van der Waals surface area contributed by atoms with Crippen LogP contribution in [0.2, 0.25) is 0 Å². The minimum absolute atomic E-state index is 0.572. The van der Waals surface area contributed by atoms with Gasteiger partial charge in [-0.3, -0.25) is 0 Å². The number of nitrogens with zero attached hydrogens (tertiary/aromatic N) is 2. The average Bonchev–Trinajstić information content (AvgIpc) is 2.96. The van der Waals surface area contributed by atoms with Crippen LogP contribution in [0.1, 0.15) is 22.3 Å². The van der Waals surface area contributed by atoms with Crippen LogP contribution in [0.5, 0.6) is 0 Å². The van der Waals surface area contributed by atoms with Crippen molar-refractivity contribution in [2.75, 3.05) is 0 Å². The van der Waals surface area contributed by atoms with E-state index in [1.54, 1.807) is 11.8 Å². The van der Waals surface area contributed by atoms with Gasteiger partial charge < -0.3 is 4.42 Å². The molecule has 0 saturated heterocycles. The smallest absolute Gasteiger partial charge is 0.277 e. The molecule has 0 unspecified atom stereocenters. The van der Waals surface area contributed by atoms with Gasteiger partial charge in [0.1, 0.15) is 0 Å². The lowest BCUT2D eigenvalue weighted by molar-refractivity contribution is 0.466. The highest BCUT2D eigenvalue weighted by molar-refractivity contribution is 7.98. The van der Waals surface area contributed by atoms with Crippen molar-refractivity contribution in [2.24, 2.45) is 0 Å². The molecule has 2 aromatic carbocycles. The first-order chi connectivity index (χ1) is 10.6. The van der Waals surface area contributed by atoms with Crippen molar-refractivity contribution in [1.29, 1.82) is 0 Å². The number of thioether (sulfide) groups is 1. The fourth-order valence-electron chi connectivity index (χ4n) is 2.23. The van der Waals surface area contributed by atoms with Crippen molar-refractivity contribution in [3.05, 3.63) is 64.7 Å². The third-order valence-corrected chi connectivity index (χ3v) is 4.42. The second-order valence-electron chi connectivity index (χ2n) is 5.46. The van der Waals surface area contributed by atoms with Crippen LogP contribution < -0.4 is 0 Å². The zero-order valence-electron chi connectivity index (χ0n) is 13.0. The molecule has 112 valence electrons. The van der Waals surface area contributed by atoms with Gasteiger partial charge >= 0.3 is 0 Å². The summed E-state index contributed by atoms with van der Waals surface area (Å²) in [6.45, 7) is 6.30.